The van der Waals surface area contributed by atoms with Gasteiger partial charge in [0.05, 0.1) is 0 Å². The lowest BCUT2D eigenvalue weighted by atomic mass is 9.75. The van der Waals surface area contributed by atoms with Gasteiger partial charge in [-0.3, -0.25) is 0 Å². The van der Waals surface area contributed by atoms with Crippen molar-refractivity contribution in [2.45, 2.75) is 71.6 Å². The van der Waals surface area contributed by atoms with E-state index in [0.717, 1.165) is 12.8 Å². The molecule has 1 aliphatic carbocycles. The molecular weight excluding hydrogens is 228 g/mol. The fourth-order valence-corrected chi connectivity index (χ4v) is 2.17. The summed E-state index contributed by atoms with van der Waals surface area (Å²) in [6.45, 7) is 11.9. The zero-order valence-corrected chi connectivity index (χ0v) is 12.8. The van der Waals surface area contributed by atoms with Crippen molar-refractivity contribution in [3.63, 3.8) is 0 Å². The summed E-state index contributed by atoms with van der Waals surface area (Å²) in [7, 11) is 1.78. The van der Waals surface area contributed by atoms with Crippen LogP contribution in [0.3, 0.4) is 0 Å². The van der Waals surface area contributed by atoms with Gasteiger partial charge in [0.1, 0.15) is 5.60 Å². The first-order valence-corrected chi connectivity index (χ1v) is 6.65. The van der Waals surface area contributed by atoms with Gasteiger partial charge in [-0.2, -0.15) is 0 Å². The van der Waals surface area contributed by atoms with Crippen molar-refractivity contribution in [2.75, 3.05) is 7.05 Å². The molecule has 1 amide bonds. The van der Waals surface area contributed by atoms with Crippen LogP contribution in [0, 0.1) is 5.41 Å². The van der Waals surface area contributed by atoms with Gasteiger partial charge in [-0.15, -0.1) is 0 Å². The number of hydrogen-bond donors (Lipinski definition) is 1. The molecule has 18 heavy (non-hydrogen) atoms. The summed E-state index contributed by atoms with van der Waals surface area (Å²) in [4.78, 5) is 13.7. The molecule has 0 saturated heterocycles. The molecule has 0 aromatic carbocycles. The van der Waals surface area contributed by atoms with E-state index in [4.69, 9.17) is 10.5 Å². The Bertz CT molecular complexity index is 327. The Hall–Kier alpha value is -0.770. The average molecular weight is 256 g/mol. The van der Waals surface area contributed by atoms with E-state index in [1.807, 2.05) is 27.7 Å². The normalized spacial score (nSPS) is 20.2. The van der Waals surface area contributed by atoms with E-state index >= 15 is 0 Å². The average Bonchev–Trinajstić information content (AvgIpc) is 2.93. The summed E-state index contributed by atoms with van der Waals surface area (Å²) >= 11 is 0. The number of carbonyl (C=O) groups is 1. The van der Waals surface area contributed by atoms with E-state index < -0.39 is 5.60 Å². The fraction of sp³-hybridized carbons (Fsp3) is 0.929. The second kappa shape index (κ2) is 4.41. The number of carbonyl (C=O) groups excluding carboxylic acids is 1. The van der Waals surface area contributed by atoms with Gasteiger partial charge in [0.15, 0.2) is 0 Å². The van der Waals surface area contributed by atoms with E-state index in [1.54, 1.807) is 11.9 Å². The molecule has 0 aromatic rings. The van der Waals surface area contributed by atoms with Crippen molar-refractivity contribution >= 4 is 6.09 Å². The summed E-state index contributed by atoms with van der Waals surface area (Å²) in [5, 5.41) is 0. The van der Waals surface area contributed by atoms with E-state index in [1.165, 1.54) is 0 Å². The third kappa shape index (κ3) is 2.97. The van der Waals surface area contributed by atoms with Crippen LogP contribution in [0.15, 0.2) is 0 Å². The molecule has 0 spiro atoms. The van der Waals surface area contributed by atoms with Gasteiger partial charge in [0.2, 0.25) is 0 Å². The number of nitrogens with zero attached hydrogens (tertiary/aromatic N) is 1. The molecule has 0 aliphatic heterocycles. The van der Waals surface area contributed by atoms with Crippen molar-refractivity contribution in [1.29, 1.82) is 0 Å². The minimum Gasteiger partial charge on any atom is -0.444 e. The summed E-state index contributed by atoms with van der Waals surface area (Å²) in [6, 6.07) is 0.0415. The number of amides is 1. The minimum atomic E-state index is -0.463. The third-order valence-corrected chi connectivity index (χ3v) is 4.38. The Morgan fingerprint density at radius 3 is 2.06 bits per heavy atom. The first-order chi connectivity index (χ1) is 7.91. The lowest BCUT2D eigenvalue weighted by Gasteiger charge is -2.42. The van der Waals surface area contributed by atoms with Crippen LogP contribution in [-0.4, -0.2) is 35.2 Å². The van der Waals surface area contributed by atoms with Crippen LogP contribution in [0.1, 0.15) is 54.4 Å². The van der Waals surface area contributed by atoms with Crippen LogP contribution in [0.5, 0.6) is 0 Å². The topological polar surface area (TPSA) is 55.6 Å². The van der Waals surface area contributed by atoms with Gasteiger partial charge in [0.25, 0.3) is 0 Å². The molecule has 4 heteroatoms. The molecule has 1 aliphatic rings. The van der Waals surface area contributed by atoms with Gasteiger partial charge in [-0.25, -0.2) is 4.79 Å². The van der Waals surface area contributed by atoms with Crippen molar-refractivity contribution in [2.24, 2.45) is 11.1 Å². The maximum Gasteiger partial charge on any atom is 0.410 e. The summed E-state index contributed by atoms with van der Waals surface area (Å²) in [5.41, 5.74) is 5.60. The van der Waals surface area contributed by atoms with Crippen LogP contribution < -0.4 is 5.73 Å². The zero-order valence-electron chi connectivity index (χ0n) is 12.8. The van der Waals surface area contributed by atoms with Gasteiger partial charge >= 0.3 is 6.09 Å². The molecule has 0 aromatic heterocycles. The highest BCUT2D eigenvalue weighted by atomic mass is 16.6. The molecule has 0 bridgehead atoms. The van der Waals surface area contributed by atoms with Gasteiger partial charge < -0.3 is 15.4 Å². The predicted octanol–water partition coefficient (Wildman–Crippen LogP) is 2.76. The lowest BCUT2D eigenvalue weighted by Crippen LogP contribution is -2.54. The first kappa shape index (κ1) is 15.3. The zero-order chi connectivity index (χ0) is 14.4. The quantitative estimate of drug-likeness (QED) is 0.844. The van der Waals surface area contributed by atoms with E-state index in [0.29, 0.717) is 0 Å². The summed E-state index contributed by atoms with van der Waals surface area (Å²) in [5.74, 6) is 0. The molecule has 4 nitrogen and oxygen atoms in total. The van der Waals surface area contributed by atoms with Gasteiger partial charge in [-0.1, -0.05) is 13.8 Å². The highest BCUT2D eigenvalue weighted by Crippen LogP contribution is 2.50. The smallest absolute Gasteiger partial charge is 0.410 e. The number of ether oxygens (including phenoxy) is 1. The molecule has 1 atom stereocenters. The largest absolute Gasteiger partial charge is 0.444 e. The Balaban J connectivity index is 2.72. The van der Waals surface area contributed by atoms with Gasteiger partial charge in [0, 0.05) is 24.0 Å². The molecule has 1 fully saturated rings. The van der Waals surface area contributed by atoms with Crippen LogP contribution in [0.25, 0.3) is 0 Å². The number of nitrogens with two attached hydrogens (primary N) is 1. The maximum absolute atomic E-state index is 12.1. The molecule has 1 rings (SSSR count). The molecule has 1 saturated carbocycles. The first-order valence-electron chi connectivity index (χ1n) is 6.65. The van der Waals surface area contributed by atoms with Crippen molar-refractivity contribution < 1.29 is 9.53 Å². The maximum atomic E-state index is 12.1. The second-order valence-electron chi connectivity index (χ2n) is 7.15. The van der Waals surface area contributed by atoms with E-state index in [2.05, 4.69) is 13.8 Å². The molecule has 0 radical (unpaired) electrons. The number of hydrogen-bond acceptors (Lipinski definition) is 3. The predicted molar refractivity (Wildman–Crippen MR) is 73.4 cm³/mol. The third-order valence-electron chi connectivity index (χ3n) is 4.38. The second-order valence-corrected chi connectivity index (χ2v) is 7.15. The van der Waals surface area contributed by atoms with Crippen LogP contribution in [0.4, 0.5) is 4.79 Å². The SMILES string of the molecule is CC(N(C)C(=O)OC(C)(C)C)C(C)(C)C1(N)CC1. The summed E-state index contributed by atoms with van der Waals surface area (Å²) < 4.78 is 5.40. The van der Waals surface area contributed by atoms with Crippen molar-refractivity contribution in [3.8, 4) is 0 Å². The highest BCUT2D eigenvalue weighted by molar-refractivity contribution is 5.68. The monoisotopic (exact) mass is 256 g/mol. The van der Waals surface area contributed by atoms with Crippen molar-refractivity contribution in [3.05, 3.63) is 0 Å². The Labute approximate surface area is 111 Å². The molecule has 2 N–H and O–H groups in total. The standard InChI is InChI=1S/C14H28N2O2/c1-10(13(5,6)14(15)8-9-14)16(7)11(17)18-12(2,3)4/h10H,8-9,15H2,1-7H3. The minimum absolute atomic E-state index is 0.0415. The molecule has 0 heterocycles. The summed E-state index contributed by atoms with van der Waals surface area (Å²) in [6.07, 6.45) is 1.78. The highest BCUT2D eigenvalue weighted by Gasteiger charge is 2.55. The Morgan fingerprint density at radius 1 is 1.28 bits per heavy atom. The van der Waals surface area contributed by atoms with Crippen molar-refractivity contribution in [1.82, 2.24) is 4.90 Å². The fourth-order valence-electron chi connectivity index (χ4n) is 2.17. The Morgan fingerprint density at radius 2 is 1.72 bits per heavy atom. The lowest BCUT2D eigenvalue weighted by molar-refractivity contribution is 0.00610. The van der Waals surface area contributed by atoms with E-state index in [-0.39, 0.29) is 23.1 Å². The molecular formula is C14H28N2O2. The Kier molecular flexibility index (Phi) is 3.74. The van der Waals surface area contributed by atoms with Crippen LogP contribution >= 0.6 is 0 Å². The molecule has 1 unspecified atom stereocenters. The number of rotatable bonds is 3. The van der Waals surface area contributed by atoms with Gasteiger partial charge in [-0.05, 0) is 40.5 Å². The van der Waals surface area contributed by atoms with Crippen LogP contribution in [-0.2, 0) is 4.74 Å². The van der Waals surface area contributed by atoms with E-state index in [9.17, 15) is 4.79 Å². The van der Waals surface area contributed by atoms with Crippen LogP contribution in [0.2, 0.25) is 0 Å². The molecule has 106 valence electrons.